The normalized spacial score (nSPS) is 28.1. The minimum atomic E-state index is -0.316. The summed E-state index contributed by atoms with van der Waals surface area (Å²) in [6.07, 6.45) is 4.29. The van der Waals surface area contributed by atoms with Crippen molar-refractivity contribution in [2.45, 2.75) is 57.2 Å². The van der Waals surface area contributed by atoms with Gasteiger partial charge in [-0.3, -0.25) is 5.32 Å². The zero-order valence-electron chi connectivity index (χ0n) is 13.2. The molecule has 0 amide bonds. The Hall–Kier alpha value is -0.630. The number of likely N-dealkylation sites (N-methyl/N-ethyl adjacent to an activating group) is 2. The molecule has 19 heavy (non-hydrogen) atoms. The van der Waals surface area contributed by atoms with Crippen LogP contribution in [0.25, 0.3) is 0 Å². The molecule has 1 N–H and O–H groups in total. The molecule has 1 fully saturated rings. The van der Waals surface area contributed by atoms with Crippen molar-refractivity contribution in [2.24, 2.45) is 0 Å². The van der Waals surface area contributed by atoms with Gasteiger partial charge in [0.05, 0.1) is 6.07 Å². The highest BCUT2D eigenvalue weighted by atomic mass is 15.2. The number of nitrogens with one attached hydrogen (secondary N) is 1. The van der Waals surface area contributed by atoms with Crippen LogP contribution in [0.5, 0.6) is 0 Å². The molecule has 1 rings (SSSR count). The second-order valence-electron chi connectivity index (χ2n) is 6.53. The molecule has 1 saturated carbocycles. The summed E-state index contributed by atoms with van der Waals surface area (Å²) in [5.74, 6) is 0. The van der Waals surface area contributed by atoms with E-state index in [0.29, 0.717) is 12.1 Å². The van der Waals surface area contributed by atoms with Gasteiger partial charge >= 0.3 is 0 Å². The summed E-state index contributed by atoms with van der Waals surface area (Å²) >= 11 is 0. The van der Waals surface area contributed by atoms with E-state index in [1.165, 1.54) is 6.42 Å². The fraction of sp³-hybridized carbons (Fsp3) is 0.933. The average molecular weight is 266 g/mol. The molecule has 0 aromatic rings. The molecule has 0 spiro atoms. The Labute approximate surface area is 118 Å². The van der Waals surface area contributed by atoms with Crippen molar-refractivity contribution in [1.82, 2.24) is 15.1 Å². The molecular formula is C15H30N4. The van der Waals surface area contributed by atoms with E-state index < -0.39 is 0 Å². The molecule has 0 aromatic heterocycles. The lowest BCUT2D eigenvalue weighted by molar-refractivity contribution is 0.132. The lowest BCUT2D eigenvalue weighted by atomic mass is 9.79. The van der Waals surface area contributed by atoms with E-state index >= 15 is 0 Å². The molecule has 0 aromatic carbocycles. The topological polar surface area (TPSA) is 42.3 Å². The van der Waals surface area contributed by atoms with Crippen LogP contribution in [0.4, 0.5) is 0 Å². The van der Waals surface area contributed by atoms with Gasteiger partial charge in [-0.25, -0.2) is 0 Å². The largest absolute Gasteiger partial charge is 0.308 e. The lowest BCUT2D eigenvalue weighted by Gasteiger charge is -2.41. The smallest absolute Gasteiger partial charge is 0.108 e. The summed E-state index contributed by atoms with van der Waals surface area (Å²) in [5, 5.41) is 13.1. The van der Waals surface area contributed by atoms with Gasteiger partial charge in [0.15, 0.2) is 0 Å². The van der Waals surface area contributed by atoms with Crippen molar-refractivity contribution in [2.75, 3.05) is 34.2 Å². The van der Waals surface area contributed by atoms with Crippen molar-refractivity contribution in [3.63, 3.8) is 0 Å². The quantitative estimate of drug-likeness (QED) is 0.794. The second kappa shape index (κ2) is 7.23. The Kier molecular flexibility index (Phi) is 6.25. The highest BCUT2D eigenvalue weighted by Gasteiger charge is 2.38. The highest BCUT2D eigenvalue weighted by molar-refractivity contribution is 5.11. The number of hydrogen-bond donors (Lipinski definition) is 1. The Bertz CT molecular complexity index is 308. The molecule has 0 aliphatic heterocycles. The van der Waals surface area contributed by atoms with E-state index in [-0.39, 0.29) is 5.54 Å². The average Bonchev–Trinajstić information content (AvgIpc) is 2.35. The Balaban J connectivity index is 2.59. The van der Waals surface area contributed by atoms with Gasteiger partial charge < -0.3 is 9.80 Å². The molecule has 2 unspecified atom stereocenters. The zero-order valence-corrected chi connectivity index (χ0v) is 13.2. The van der Waals surface area contributed by atoms with Crippen molar-refractivity contribution in [3.05, 3.63) is 0 Å². The monoisotopic (exact) mass is 266 g/mol. The van der Waals surface area contributed by atoms with E-state index in [9.17, 15) is 5.26 Å². The van der Waals surface area contributed by atoms with Crippen LogP contribution in [-0.2, 0) is 0 Å². The molecule has 0 saturated heterocycles. The van der Waals surface area contributed by atoms with Crippen LogP contribution < -0.4 is 5.32 Å². The van der Waals surface area contributed by atoms with Gasteiger partial charge in [0, 0.05) is 25.2 Å². The zero-order chi connectivity index (χ0) is 14.5. The first-order valence-corrected chi connectivity index (χ1v) is 7.42. The fourth-order valence-electron chi connectivity index (χ4n) is 2.98. The molecule has 1 aliphatic rings. The molecule has 110 valence electrons. The summed E-state index contributed by atoms with van der Waals surface area (Å²) in [6.45, 7) is 6.39. The van der Waals surface area contributed by atoms with Crippen molar-refractivity contribution < 1.29 is 0 Å². The van der Waals surface area contributed by atoms with Gasteiger partial charge in [0.2, 0.25) is 0 Å². The van der Waals surface area contributed by atoms with E-state index in [1.54, 1.807) is 0 Å². The first-order chi connectivity index (χ1) is 8.88. The van der Waals surface area contributed by atoms with Gasteiger partial charge in [-0.15, -0.1) is 0 Å². The predicted molar refractivity (Wildman–Crippen MR) is 80.1 cm³/mol. The molecule has 4 nitrogen and oxygen atoms in total. The number of nitriles is 1. The molecule has 0 radical (unpaired) electrons. The van der Waals surface area contributed by atoms with Crippen LogP contribution in [0, 0.1) is 11.3 Å². The molecule has 2 atom stereocenters. The standard InChI is InChI=1S/C15H30N4/c1-13(2)17-15(12-16)8-6-7-14(11-15)19(5)10-9-18(3)4/h13-14,17H,6-11H2,1-5H3. The summed E-state index contributed by atoms with van der Waals surface area (Å²) < 4.78 is 0. The molecular weight excluding hydrogens is 236 g/mol. The first-order valence-electron chi connectivity index (χ1n) is 7.42. The van der Waals surface area contributed by atoms with Crippen molar-refractivity contribution in [1.29, 1.82) is 5.26 Å². The Morgan fingerprint density at radius 1 is 1.32 bits per heavy atom. The van der Waals surface area contributed by atoms with E-state index in [1.807, 2.05) is 0 Å². The number of rotatable bonds is 6. The third-order valence-electron chi connectivity index (χ3n) is 4.03. The summed E-state index contributed by atoms with van der Waals surface area (Å²) in [5.41, 5.74) is -0.316. The lowest BCUT2D eigenvalue weighted by Crippen LogP contribution is -2.54. The maximum atomic E-state index is 9.57. The van der Waals surface area contributed by atoms with Crippen LogP contribution in [-0.4, -0.2) is 61.7 Å². The minimum absolute atomic E-state index is 0.316. The number of hydrogen-bond acceptors (Lipinski definition) is 4. The maximum absolute atomic E-state index is 9.57. The fourth-order valence-corrected chi connectivity index (χ4v) is 2.98. The van der Waals surface area contributed by atoms with Crippen molar-refractivity contribution >= 4 is 0 Å². The molecule has 0 heterocycles. The van der Waals surface area contributed by atoms with E-state index in [2.05, 4.69) is 56.2 Å². The molecule has 0 bridgehead atoms. The van der Waals surface area contributed by atoms with Gasteiger partial charge in [-0.1, -0.05) is 0 Å². The van der Waals surface area contributed by atoms with Crippen molar-refractivity contribution in [3.8, 4) is 6.07 Å². The van der Waals surface area contributed by atoms with Gasteiger partial charge in [0.25, 0.3) is 0 Å². The van der Waals surface area contributed by atoms with Gasteiger partial charge in [0.1, 0.15) is 5.54 Å². The third kappa shape index (κ3) is 5.10. The second-order valence-corrected chi connectivity index (χ2v) is 6.53. The van der Waals surface area contributed by atoms with E-state index in [0.717, 1.165) is 32.4 Å². The summed E-state index contributed by atoms with van der Waals surface area (Å²) in [6, 6.07) is 3.44. The first kappa shape index (κ1) is 16.4. The van der Waals surface area contributed by atoms with Gasteiger partial charge in [-0.05, 0) is 60.7 Å². The minimum Gasteiger partial charge on any atom is -0.308 e. The summed E-state index contributed by atoms with van der Waals surface area (Å²) in [7, 11) is 6.40. The van der Waals surface area contributed by atoms with Crippen LogP contribution in [0.1, 0.15) is 39.5 Å². The van der Waals surface area contributed by atoms with Crippen LogP contribution >= 0.6 is 0 Å². The SMILES string of the molecule is CC(C)NC1(C#N)CCCC(N(C)CCN(C)C)C1. The Morgan fingerprint density at radius 3 is 2.53 bits per heavy atom. The van der Waals surface area contributed by atoms with E-state index in [4.69, 9.17) is 0 Å². The van der Waals surface area contributed by atoms with Crippen LogP contribution in [0.3, 0.4) is 0 Å². The van der Waals surface area contributed by atoms with Gasteiger partial charge in [-0.2, -0.15) is 5.26 Å². The molecule has 1 aliphatic carbocycles. The predicted octanol–water partition coefficient (Wildman–Crippen LogP) is 1.68. The summed E-state index contributed by atoms with van der Waals surface area (Å²) in [4.78, 5) is 4.64. The van der Waals surface area contributed by atoms with Crippen LogP contribution in [0.2, 0.25) is 0 Å². The number of nitrogens with zero attached hydrogens (tertiary/aromatic N) is 3. The third-order valence-corrected chi connectivity index (χ3v) is 4.03. The molecule has 4 heteroatoms. The maximum Gasteiger partial charge on any atom is 0.108 e. The Morgan fingerprint density at radius 2 is 2.00 bits per heavy atom. The highest BCUT2D eigenvalue weighted by Crippen LogP contribution is 2.30. The van der Waals surface area contributed by atoms with Crippen LogP contribution in [0.15, 0.2) is 0 Å².